The van der Waals surface area contributed by atoms with Gasteiger partial charge in [0.25, 0.3) is 11.1 Å². The van der Waals surface area contributed by atoms with Crippen LogP contribution >= 0.6 is 11.8 Å². The van der Waals surface area contributed by atoms with Crippen molar-refractivity contribution in [2.45, 2.75) is 25.7 Å². The van der Waals surface area contributed by atoms with Crippen molar-refractivity contribution in [3.8, 4) is 5.75 Å². The third kappa shape index (κ3) is 4.33. The van der Waals surface area contributed by atoms with Crippen LogP contribution in [-0.2, 0) is 9.59 Å². The number of aromatic hydroxyl groups is 1. The smallest absolute Gasteiger partial charge is 0.311 e. The minimum Gasteiger partial charge on any atom is -0.502 e. The normalized spacial score (nSPS) is 19.2. The number of phenolic OH excluding ortho intramolecular Hbond substituents is 1. The van der Waals surface area contributed by atoms with Crippen LogP contribution in [0.4, 0.5) is 10.5 Å². The molecule has 9 nitrogen and oxygen atoms in total. The van der Waals surface area contributed by atoms with E-state index in [-0.39, 0.29) is 17.4 Å². The summed E-state index contributed by atoms with van der Waals surface area (Å²) in [4.78, 5) is 50.1. The van der Waals surface area contributed by atoms with E-state index in [0.29, 0.717) is 30.4 Å². The van der Waals surface area contributed by atoms with Gasteiger partial charge in [-0.2, -0.15) is 0 Å². The van der Waals surface area contributed by atoms with Crippen molar-refractivity contribution >= 4 is 40.6 Å². The molecule has 0 radical (unpaired) electrons. The first-order valence-corrected chi connectivity index (χ1v) is 9.69. The SMILES string of the molecule is O=C(CN1C(=O)SC(=Cc2ccc(O)c([N+](=O)[O-])c2)C1=O)N1CCCCCC1. The Labute approximate surface area is 165 Å². The molecule has 0 unspecified atom stereocenters. The number of nitrogens with zero attached hydrogens (tertiary/aromatic N) is 3. The van der Waals surface area contributed by atoms with E-state index in [9.17, 15) is 29.6 Å². The molecule has 10 heteroatoms. The second-order valence-electron chi connectivity index (χ2n) is 6.57. The van der Waals surface area contributed by atoms with Gasteiger partial charge in [-0.25, -0.2) is 0 Å². The number of phenols is 1. The zero-order valence-corrected chi connectivity index (χ0v) is 15.8. The lowest BCUT2D eigenvalue weighted by Crippen LogP contribution is -2.42. The van der Waals surface area contributed by atoms with Gasteiger partial charge in [0.2, 0.25) is 5.91 Å². The van der Waals surface area contributed by atoms with E-state index >= 15 is 0 Å². The van der Waals surface area contributed by atoms with Crippen LogP contribution in [0, 0.1) is 10.1 Å². The highest BCUT2D eigenvalue weighted by Gasteiger charge is 2.37. The highest BCUT2D eigenvalue weighted by atomic mass is 32.2. The molecule has 2 aliphatic heterocycles. The van der Waals surface area contributed by atoms with Gasteiger partial charge in [-0.3, -0.25) is 29.4 Å². The van der Waals surface area contributed by atoms with E-state index in [0.717, 1.165) is 42.7 Å². The fraction of sp³-hybridized carbons (Fsp3) is 0.389. The number of benzene rings is 1. The molecule has 1 aromatic carbocycles. The Balaban J connectivity index is 1.74. The lowest BCUT2D eigenvalue weighted by molar-refractivity contribution is -0.385. The zero-order valence-electron chi connectivity index (χ0n) is 15.0. The largest absolute Gasteiger partial charge is 0.502 e. The number of nitro groups is 1. The Morgan fingerprint density at radius 1 is 1.21 bits per heavy atom. The number of carbonyl (C=O) groups excluding carboxylic acids is 3. The molecule has 3 rings (SSSR count). The second-order valence-corrected chi connectivity index (χ2v) is 7.56. The Kier molecular flexibility index (Phi) is 5.98. The number of rotatable bonds is 4. The van der Waals surface area contributed by atoms with Crippen molar-refractivity contribution in [1.29, 1.82) is 0 Å². The molecule has 2 heterocycles. The summed E-state index contributed by atoms with van der Waals surface area (Å²) in [5.41, 5.74) is -0.196. The first-order valence-electron chi connectivity index (χ1n) is 8.87. The number of thioether (sulfide) groups is 1. The van der Waals surface area contributed by atoms with Crippen LogP contribution in [0.2, 0.25) is 0 Å². The van der Waals surface area contributed by atoms with Crippen LogP contribution < -0.4 is 0 Å². The van der Waals surface area contributed by atoms with Gasteiger partial charge >= 0.3 is 5.69 Å². The van der Waals surface area contributed by atoms with E-state index in [4.69, 9.17) is 0 Å². The van der Waals surface area contributed by atoms with Crippen molar-refractivity contribution in [3.05, 3.63) is 38.8 Å². The summed E-state index contributed by atoms with van der Waals surface area (Å²) in [5, 5.41) is 19.9. The minimum absolute atomic E-state index is 0.0775. The number of hydrogen-bond acceptors (Lipinski definition) is 7. The molecule has 0 aliphatic carbocycles. The molecule has 28 heavy (non-hydrogen) atoms. The molecule has 0 aromatic heterocycles. The lowest BCUT2D eigenvalue weighted by atomic mass is 10.1. The molecule has 3 amide bonds. The predicted molar refractivity (Wildman–Crippen MR) is 102 cm³/mol. The van der Waals surface area contributed by atoms with Crippen LogP contribution in [0.1, 0.15) is 31.2 Å². The van der Waals surface area contributed by atoms with Gasteiger partial charge in [-0.1, -0.05) is 18.9 Å². The maximum atomic E-state index is 12.6. The van der Waals surface area contributed by atoms with E-state index in [2.05, 4.69) is 0 Å². The van der Waals surface area contributed by atoms with Crippen molar-refractivity contribution in [1.82, 2.24) is 9.80 Å². The monoisotopic (exact) mass is 405 g/mol. The summed E-state index contributed by atoms with van der Waals surface area (Å²) >= 11 is 0.683. The summed E-state index contributed by atoms with van der Waals surface area (Å²) in [6.45, 7) is 0.946. The van der Waals surface area contributed by atoms with Crippen LogP contribution in [0.5, 0.6) is 5.75 Å². The van der Waals surface area contributed by atoms with E-state index in [1.165, 1.54) is 12.1 Å². The van der Waals surface area contributed by atoms with Crippen molar-refractivity contribution < 1.29 is 24.4 Å². The topological polar surface area (TPSA) is 121 Å². The maximum Gasteiger partial charge on any atom is 0.311 e. The van der Waals surface area contributed by atoms with E-state index in [1.807, 2.05) is 0 Å². The van der Waals surface area contributed by atoms with Crippen molar-refractivity contribution in [3.63, 3.8) is 0 Å². The first-order chi connectivity index (χ1) is 13.4. The average Bonchev–Trinajstić information content (AvgIpc) is 2.87. The highest BCUT2D eigenvalue weighted by Crippen LogP contribution is 2.34. The standard InChI is InChI=1S/C18H19N3O6S/c22-14-6-5-12(9-13(14)21(26)27)10-15-17(24)20(18(25)28-15)11-16(23)19-7-3-1-2-4-8-19/h5-6,9-10,22H,1-4,7-8,11H2. The molecule has 2 fully saturated rings. The highest BCUT2D eigenvalue weighted by molar-refractivity contribution is 8.18. The molecule has 0 spiro atoms. The minimum atomic E-state index is -0.738. The van der Waals surface area contributed by atoms with Crippen molar-refractivity contribution in [2.75, 3.05) is 19.6 Å². The van der Waals surface area contributed by atoms with Gasteiger partial charge in [0.05, 0.1) is 9.83 Å². The van der Waals surface area contributed by atoms with Gasteiger partial charge in [0.1, 0.15) is 6.54 Å². The third-order valence-corrected chi connectivity index (χ3v) is 5.53. The number of carbonyl (C=O) groups is 3. The van der Waals surface area contributed by atoms with Crippen LogP contribution in [-0.4, -0.2) is 56.5 Å². The van der Waals surface area contributed by atoms with Crippen LogP contribution in [0.3, 0.4) is 0 Å². The fourth-order valence-electron chi connectivity index (χ4n) is 3.12. The van der Waals surface area contributed by atoms with E-state index < -0.39 is 27.5 Å². The predicted octanol–water partition coefficient (Wildman–Crippen LogP) is 2.74. The summed E-state index contributed by atoms with van der Waals surface area (Å²) in [6.07, 6.45) is 5.29. The van der Waals surface area contributed by atoms with Gasteiger partial charge in [-0.15, -0.1) is 0 Å². The van der Waals surface area contributed by atoms with Crippen LogP contribution in [0.25, 0.3) is 6.08 Å². The average molecular weight is 405 g/mol. The van der Waals surface area contributed by atoms with Gasteiger partial charge < -0.3 is 10.0 Å². The van der Waals surface area contributed by atoms with Gasteiger partial charge in [-0.05, 0) is 42.3 Å². The fourth-order valence-corrected chi connectivity index (χ4v) is 3.96. The summed E-state index contributed by atoms with van der Waals surface area (Å²) in [7, 11) is 0. The van der Waals surface area contributed by atoms with Gasteiger partial charge in [0, 0.05) is 19.2 Å². The van der Waals surface area contributed by atoms with Crippen LogP contribution in [0.15, 0.2) is 23.1 Å². The molecule has 0 atom stereocenters. The first kappa shape index (κ1) is 19.9. The number of imide groups is 1. The number of nitro benzene ring substituents is 1. The molecule has 2 saturated heterocycles. The maximum absolute atomic E-state index is 12.6. The molecular formula is C18H19N3O6S. The quantitative estimate of drug-likeness (QED) is 0.464. The number of likely N-dealkylation sites (tertiary alicyclic amines) is 1. The Bertz CT molecular complexity index is 861. The van der Waals surface area contributed by atoms with Crippen molar-refractivity contribution in [2.24, 2.45) is 0 Å². The molecule has 0 saturated carbocycles. The molecular weight excluding hydrogens is 386 g/mol. The molecule has 148 valence electrons. The molecule has 0 bridgehead atoms. The summed E-state index contributed by atoms with van der Waals surface area (Å²) < 4.78 is 0. The lowest BCUT2D eigenvalue weighted by Gasteiger charge is -2.22. The van der Waals surface area contributed by atoms with Gasteiger partial charge in [0.15, 0.2) is 5.75 Å². The number of amides is 3. The molecule has 1 N–H and O–H groups in total. The Morgan fingerprint density at radius 3 is 2.54 bits per heavy atom. The number of hydrogen-bond donors (Lipinski definition) is 1. The summed E-state index contributed by atoms with van der Waals surface area (Å²) in [6, 6.07) is 3.67. The summed E-state index contributed by atoms with van der Waals surface area (Å²) in [5.74, 6) is -1.35. The Morgan fingerprint density at radius 2 is 1.89 bits per heavy atom. The second kappa shape index (κ2) is 8.42. The molecule has 1 aromatic rings. The third-order valence-electron chi connectivity index (χ3n) is 4.62. The molecule has 2 aliphatic rings. The Hall–Kier alpha value is -2.88. The zero-order chi connectivity index (χ0) is 20.3. The van der Waals surface area contributed by atoms with E-state index in [1.54, 1.807) is 4.90 Å².